The van der Waals surface area contributed by atoms with Crippen LogP contribution in [0, 0.1) is 16.0 Å². The molecule has 3 rings (SSSR count). The van der Waals surface area contributed by atoms with Crippen molar-refractivity contribution in [3.8, 4) is 0 Å². The van der Waals surface area contributed by atoms with Crippen molar-refractivity contribution in [2.75, 3.05) is 18.0 Å². The van der Waals surface area contributed by atoms with Gasteiger partial charge in [-0.25, -0.2) is 4.98 Å². The number of aromatic amines is 1. The summed E-state index contributed by atoms with van der Waals surface area (Å²) in [5, 5.41) is 11.8. The Hall–Kier alpha value is -2.44. The van der Waals surface area contributed by atoms with Crippen LogP contribution in [0.15, 0.2) is 23.3 Å². The Morgan fingerprint density at radius 3 is 2.96 bits per heavy atom. The molecule has 1 atom stereocenters. The standard InChI is InChI=1S/C17H22N4O3/c1-2-4-12-5-3-7-20(8-6-12)15-10-14-13(9-16(15)21(23)24)17(22)19-11-18-14/h9-12H,2-8H2,1H3,(H,18,19,22)/t12-/m1/s1. The molecule has 0 spiro atoms. The first-order valence-corrected chi connectivity index (χ1v) is 8.51. The van der Waals surface area contributed by atoms with Crippen molar-refractivity contribution < 1.29 is 4.92 Å². The quantitative estimate of drug-likeness (QED) is 0.686. The predicted molar refractivity (Wildman–Crippen MR) is 93.5 cm³/mol. The zero-order valence-electron chi connectivity index (χ0n) is 13.8. The lowest BCUT2D eigenvalue weighted by molar-refractivity contribution is -0.384. The molecule has 1 saturated heterocycles. The number of fused-ring (bicyclic) bond motifs is 1. The van der Waals surface area contributed by atoms with Crippen LogP contribution in [0.4, 0.5) is 11.4 Å². The van der Waals surface area contributed by atoms with Crippen LogP contribution in [0.5, 0.6) is 0 Å². The van der Waals surface area contributed by atoms with Crippen molar-refractivity contribution >= 4 is 22.3 Å². The molecule has 1 aromatic heterocycles. The van der Waals surface area contributed by atoms with Crippen molar-refractivity contribution in [1.29, 1.82) is 0 Å². The average molecular weight is 330 g/mol. The minimum atomic E-state index is -0.407. The first-order chi connectivity index (χ1) is 11.6. The summed E-state index contributed by atoms with van der Waals surface area (Å²) in [6.07, 6.45) is 6.97. The average Bonchev–Trinajstić information content (AvgIpc) is 2.80. The van der Waals surface area contributed by atoms with Crippen LogP contribution in [-0.4, -0.2) is 28.0 Å². The van der Waals surface area contributed by atoms with Crippen molar-refractivity contribution in [1.82, 2.24) is 9.97 Å². The molecule has 2 aromatic rings. The van der Waals surface area contributed by atoms with Gasteiger partial charge in [0.2, 0.25) is 0 Å². The van der Waals surface area contributed by atoms with Crippen LogP contribution in [0.25, 0.3) is 10.9 Å². The van der Waals surface area contributed by atoms with Gasteiger partial charge in [0.1, 0.15) is 5.69 Å². The van der Waals surface area contributed by atoms with Crippen LogP contribution in [0.3, 0.4) is 0 Å². The molecular weight excluding hydrogens is 308 g/mol. The molecular formula is C17H22N4O3. The molecule has 0 saturated carbocycles. The van der Waals surface area contributed by atoms with Gasteiger partial charge in [0.05, 0.1) is 22.2 Å². The zero-order chi connectivity index (χ0) is 17.1. The molecule has 0 bridgehead atoms. The topological polar surface area (TPSA) is 92.1 Å². The summed E-state index contributed by atoms with van der Waals surface area (Å²) < 4.78 is 0. The molecule has 7 nitrogen and oxygen atoms in total. The van der Waals surface area contributed by atoms with Gasteiger partial charge < -0.3 is 9.88 Å². The molecule has 1 fully saturated rings. The number of hydrogen-bond acceptors (Lipinski definition) is 5. The largest absolute Gasteiger partial charge is 0.366 e. The second kappa shape index (κ2) is 6.98. The summed E-state index contributed by atoms with van der Waals surface area (Å²) in [5.74, 6) is 0.695. The third-order valence-electron chi connectivity index (χ3n) is 4.82. The third-order valence-corrected chi connectivity index (χ3v) is 4.82. The normalized spacial score (nSPS) is 18.5. The van der Waals surface area contributed by atoms with Gasteiger partial charge in [-0.1, -0.05) is 19.8 Å². The van der Waals surface area contributed by atoms with E-state index < -0.39 is 4.92 Å². The van der Waals surface area contributed by atoms with Crippen molar-refractivity contribution in [3.05, 3.63) is 38.9 Å². The molecule has 1 aromatic carbocycles. The van der Waals surface area contributed by atoms with E-state index in [-0.39, 0.29) is 16.6 Å². The first kappa shape index (κ1) is 16.4. The minimum absolute atomic E-state index is 0.0186. The monoisotopic (exact) mass is 330 g/mol. The van der Waals surface area contributed by atoms with Crippen LogP contribution in [0.1, 0.15) is 39.0 Å². The Morgan fingerprint density at radius 1 is 1.38 bits per heavy atom. The van der Waals surface area contributed by atoms with Gasteiger partial charge in [-0.2, -0.15) is 0 Å². The first-order valence-electron chi connectivity index (χ1n) is 8.51. The molecule has 1 aliphatic rings. The zero-order valence-corrected chi connectivity index (χ0v) is 13.8. The fourth-order valence-electron chi connectivity index (χ4n) is 3.60. The van der Waals surface area contributed by atoms with Gasteiger partial charge in [0.15, 0.2) is 0 Å². The van der Waals surface area contributed by atoms with E-state index in [2.05, 4.69) is 21.8 Å². The Labute approximate surface area is 139 Å². The lowest BCUT2D eigenvalue weighted by atomic mass is 9.96. The van der Waals surface area contributed by atoms with E-state index in [4.69, 9.17) is 0 Å². The van der Waals surface area contributed by atoms with Gasteiger partial charge in [0, 0.05) is 19.2 Å². The Kier molecular flexibility index (Phi) is 4.78. The Morgan fingerprint density at radius 2 is 2.21 bits per heavy atom. The molecule has 0 radical (unpaired) electrons. The van der Waals surface area contributed by atoms with Gasteiger partial charge in [0.25, 0.3) is 11.2 Å². The number of nitrogens with zero attached hydrogens (tertiary/aromatic N) is 3. The van der Waals surface area contributed by atoms with Gasteiger partial charge in [-0.05, 0) is 31.2 Å². The van der Waals surface area contributed by atoms with E-state index in [1.54, 1.807) is 6.07 Å². The predicted octanol–water partition coefficient (Wildman–Crippen LogP) is 3.24. The lowest BCUT2D eigenvalue weighted by Gasteiger charge is -2.23. The van der Waals surface area contributed by atoms with Crippen LogP contribution < -0.4 is 10.5 Å². The highest BCUT2D eigenvalue weighted by Crippen LogP contribution is 2.34. The number of nitrogens with one attached hydrogen (secondary N) is 1. The second-order valence-corrected chi connectivity index (χ2v) is 6.42. The third kappa shape index (κ3) is 3.25. The molecule has 128 valence electrons. The van der Waals surface area contributed by atoms with E-state index in [1.165, 1.54) is 31.7 Å². The number of hydrogen-bond donors (Lipinski definition) is 1. The molecule has 0 amide bonds. The maximum absolute atomic E-state index is 11.9. The van der Waals surface area contributed by atoms with E-state index in [0.717, 1.165) is 25.9 Å². The molecule has 0 aliphatic carbocycles. The van der Waals surface area contributed by atoms with E-state index in [9.17, 15) is 14.9 Å². The number of benzene rings is 1. The molecule has 1 N–H and O–H groups in total. The molecule has 7 heteroatoms. The fourth-order valence-corrected chi connectivity index (χ4v) is 3.60. The Bertz CT molecular complexity index is 802. The number of rotatable bonds is 4. The summed E-state index contributed by atoms with van der Waals surface area (Å²) in [6, 6.07) is 3.04. The SMILES string of the molecule is CCC[C@@H]1CCCN(c2cc3nc[nH]c(=O)c3cc2[N+](=O)[O-])CC1. The lowest BCUT2D eigenvalue weighted by Crippen LogP contribution is -2.25. The highest BCUT2D eigenvalue weighted by molar-refractivity contribution is 5.87. The van der Waals surface area contributed by atoms with Gasteiger partial charge in [-0.3, -0.25) is 14.9 Å². The van der Waals surface area contributed by atoms with Gasteiger partial charge in [-0.15, -0.1) is 0 Å². The number of nitro groups is 1. The summed E-state index contributed by atoms with van der Waals surface area (Å²) >= 11 is 0. The highest BCUT2D eigenvalue weighted by atomic mass is 16.6. The fraction of sp³-hybridized carbons (Fsp3) is 0.529. The van der Waals surface area contributed by atoms with E-state index in [1.807, 2.05) is 0 Å². The summed E-state index contributed by atoms with van der Waals surface area (Å²) in [4.78, 5) is 31.7. The Balaban J connectivity index is 2.00. The second-order valence-electron chi connectivity index (χ2n) is 6.42. The number of anilines is 1. The maximum Gasteiger partial charge on any atom is 0.293 e. The van der Waals surface area contributed by atoms with Crippen molar-refractivity contribution in [2.45, 2.75) is 39.0 Å². The van der Waals surface area contributed by atoms with Crippen molar-refractivity contribution in [2.24, 2.45) is 5.92 Å². The number of aromatic nitrogens is 2. The summed E-state index contributed by atoms with van der Waals surface area (Å²) in [7, 11) is 0. The number of H-pyrrole nitrogens is 1. The van der Waals surface area contributed by atoms with E-state index in [0.29, 0.717) is 17.1 Å². The van der Waals surface area contributed by atoms with Gasteiger partial charge >= 0.3 is 0 Å². The minimum Gasteiger partial charge on any atom is -0.366 e. The maximum atomic E-state index is 11.9. The smallest absolute Gasteiger partial charge is 0.293 e. The number of nitro benzene ring substituents is 1. The van der Waals surface area contributed by atoms with E-state index >= 15 is 0 Å². The highest BCUT2D eigenvalue weighted by Gasteiger charge is 2.24. The van der Waals surface area contributed by atoms with Crippen LogP contribution >= 0.6 is 0 Å². The molecule has 0 unspecified atom stereocenters. The van der Waals surface area contributed by atoms with Crippen LogP contribution in [0.2, 0.25) is 0 Å². The summed E-state index contributed by atoms with van der Waals surface area (Å²) in [5.41, 5.74) is 0.694. The molecule has 1 aliphatic heterocycles. The molecule has 2 heterocycles. The van der Waals surface area contributed by atoms with Crippen LogP contribution in [-0.2, 0) is 0 Å². The van der Waals surface area contributed by atoms with Crippen molar-refractivity contribution in [3.63, 3.8) is 0 Å². The molecule has 24 heavy (non-hydrogen) atoms. The summed E-state index contributed by atoms with van der Waals surface area (Å²) in [6.45, 7) is 3.80.